The minimum atomic E-state index is -4.54. The van der Waals surface area contributed by atoms with Gasteiger partial charge in [-0.2, -0.15) is 18.3 Å². The van der Waals surface area contributed by atoms with E-state index in [0.717, 1.165) is 25.3 Å². The molecule has 2 fully saturated rings. The van der Waals surface area contributed by atoms with Crippen LogP contribution in [0.3, 0.4) is 0 Å². The number of rotatable bonds is 2. The number of H-pyrrole nitrogens is 1. The summed E-state index contributed by atoms with van der Waals surface area (Å²) in [6.45, 7) is 4.50. The Kier molecular flexibility index (Phi) is 3.52. The first-order valence-corrected chi connectivity index (χ1v) is 8.90. The number of hydrogen-bond acceptors (Lipinski definition) is 7. The average molecular weight is 390 g/mol. The van der Waals surface area contributed by atoms with E-state index in [4.69, 9.17) is 0 Å². The van der Waals surface area contributed by atoms with E-state index in [1.54, 1.807) is 25.4 Å². The zero-order valence-electron chi connectivity index (χ0n) is 15.0. The van der Waals surface area contributed by atoms with E-state index in [1.807, 2.05) is 4.90 Å². The number of fused-ring (bicyclic) bond motifs is 1. The maximum Gasteiger partial charge on any atom is 0.451 e. The van der Waals surface area contributed by atoms with Gasteiger partial charge < -0.3 is 9.80 Å². The number of aromatic nitrogens is 6. The zero-order valence-corrected chi connectivity index (χ0v) is 15.0. The molecule has 0 radical (unpaired) electrons. The summed E-state index contributed by atoms with van der Waals surface area (Å²) in [6, 6.07) is 1.60. The van der Waals surface area contributed by atoms with Crippen LogP contribution >= 0.6 is 0 Å². The Morgan fingerprint density at radius 2 is 1.82 bits per heavy atom. The Morgan fingerprint density at radius 3 is 2.61 bits per heavy atom. The Labute approximate surface area is 157 Å². The van der Waals surface area contributed by atoms with Gasteiger partial charge in [0.05, 0.1) is 12.4 Å². The number of hydrogen-bond donors (Lipinski definition) is 1. The predicted octanol–water partition coefficient (Wildman–Crippen LogP) is 2.19. The lowest BCUT2D eigenvalue weighted by Crippen LogP contribution is -2.58. The summed E-state index contributed by atoms with van der Waals surface area (Å²) in [5.41, 5.74) is 1.70. The highest BCUT2D eigenvalue weighted by Crippen LogP contribution is 2.42. The van der Waals surface area contributed by atoms with Crippen LogP contribution in [0.25, 0.3) is 11.2 Å². The van der Waals surface area contributed by atoms with Gasteiger partial charge >= 0.3 is 6.18 Å². The minimum absolute atomic E-state index is 0.0296. The van der Waals surface area contributed by atoms with Crippen molar-refractivity contribution in [2.24, 2.45) is 5.41 Å². The van der Waals surface area contributed by atoms with Crippen molar-refractivity contribution in [1.29, 1.82) is 0 Å². The molecule has 0 unspecified atom stereocenters. The van der Waals surface area contributed by atoms with Gasteiger partial charge in [0, 0.05) is 43.4 Å². The maximum absolute atomic E-state index is 13.0. The third-order valence-corrected chi connectivity index (χ3v) is 5.38. The molecule has 8 nitrogen and oxygen atoms in total. The molecule has 5 heterocycles. The molecule has 5 rings (SSSR count). The molecular formula is C17H17F3N8. The standard InChI is InChI=1S/C17H17F3N8/c1-10-4-12(25-15(23-10)17(18,19)20)28-8-16(9-28)2-3-27(7-16)13-6-21-11-5-22-26-14(11)24-13/h4-6H,2-3,7-9H2,1H3,(H,22,24,26). The fourth-order valence-corrected chi connectivity index (χ4v) is 4.03. The number of aryl methyl sites for hydroxylation is 1. The van der Waals surface area contributed by atoms with Crippen LogP contribution in [0.4, 0.5) is 24.8 Å². The topological polar surface area (TPSA) is 86.7 Å². The molecule has 1 N–H and O–H groups in total. The number of halogens is 3. The molecule has 146 valence electrons. The van der Waals surface area contributed by atoms with Crippen molar-refractivity contribution in [1.82, 2.24) is 30.1 Å². The summed E-state index contributed by atoms with van der Waals surface area (Å²) in [5, 5.41) is 6.75. The molecule has 0 bridgehead atoms. The Hall–Kier alpha value is -2.98. The molecule has 2 saturated heterocycles. The second-order valence-electron chi connectivity index (χ2n) is 7.55. The summed E-state index contributed by atoms with van der Waals surface area (Å²) in [7, 11) is 0. The van der Waals surface area contributed by atoms with Gasteiger partial charge in [-0.15, -0.1) is 0 Å². The highest BCUT2D eigenvalue weighted by atomic mass is 19.4. The molecule has 28 heavy (non-hydrogen) atoms. The van der Waals surface area contributed by atoms with Gasteiger partial charge in [-0.1, -0.05) is 0 Å². The molecular weight excluding hydrogens is 373 g/mol. The van der Waals surface area contributed by atoms with Crippen LogP contribution in [0, 0.1) is 12.3 Å². The highest BCUT2D eigenvalue weighted by Gasteiger charge is 2.49. The van der Waals surface area contributed by atoms with E-state index in [0.29, 0.717) is 35.8 Å². The van der Waals surface area contributed by atoms with Gasteiger partial charge in [-0.3, -0.25) is 5.10 Å². The van der Waals surface area contributed by atoms with Gasteiger partial charge in [-0.05, 0) is 13.3 Å². The monoisotopic (exact) mass is 390 g/mol. The summed E-state index contributed by atoms with van der Waals surface area (Å²) < 4.78 is 39.0. The van der Waals surface area contributed by atoms with Crippen LogP contribution in [0.1, 0.15) is 17.9 Å². The SMILES string of the molecule is Cc1cc(N2CC3(CCN(c4cnc5cn[nH]c5n4)C3)C2)nc(C(F)(F)F)n1. The van der Waals surface area contributed by atoms with Crippen molar-refractivity contribution in [2.45, 2.75) is 19.5 Å². The predicted molar refractivity (Wildman–Crippen MR) is 94.9 cm³/mol. The van der Waals surface area contributed by atoms with E-state index in [2.05, 4.69) is 35.0 Å². The molecule has 2 aliphatic rings. The smallest absolute Gasteiger partial charge is 0.355 e. The largest absolute Gasteiger partial charge is 0.451 e. The quantitative estimate of drug-likeness (QED) is 0.718. The van der Waals surface area contributed by atoms with Crippen LogP contribution in [0.2, 0.25) is 0 Å². The highest BCUT2D eigenvalue weighted by molar-refractivity contribution is 5.70. The van der Waals surface area contributed by atoms with E-state index in [9.17, 15) is 13.2 Å². The van der Waals surface area contributed by atoms with Crippen molar-refractivity contribution in [2.75, 3.05) is 36.0 Å². The fraction of sp³-hybridized carbons (Fsp3) is 0.471. The number of anilines is 2. The average Bonchev–Trinajstić information content (AvgIpc) is 3.25. The number of nitrogens with one attached hydrogen (secondary N) is 1. The third kappa shape index (κ3) is 2.81. The van der Waals surface area contributed by atoms with Crippen LogP contribution in [-0.4, -0.2) is 56.3 Å². The lowest BCUT2D eigenvalue weighted by Gasteiger charge is -2.48. The Morgan fingerprint density at radius 1 is 1.04 bits per heavy atom. The molecule has 0 atom stereocenters. The summed E-state index contributed by atoms with van der Waals surface area (Å²) >= 11 is 0. The summed E-state index contributed by atoms with van der Waals surface area (Å²) in [6.07, 6.45) is -0.239. The molecule has 11 heteroatoms. The normalized spacial score (nSPS) is 18.9. The summed E-state index contributed by atoms with van der Waals surface area (Å²) in [5.74, 6) is 0.0338. The first-order chi connectivity index (χ1) is 13.3. The molecule has 0 amide bonds. The molecule has 3 aromatic heterocycles. The van der Waals surface area contributed by atoms with Crippen molar-refractivity contribution >= 4 is 22.8 Å². The molecule has 0 aromatic carbocycles. The number of aromatic amines is 1. The minimum Gasteiger partial charge on any atom is -0.355 e. The second-order valence-corrected chi connectivity index (χ2v) is 7.55. The first kappa shape index (κ1) is 17.1. The van der Waals surface area contributed by atoms with Crippen molar-refractivity contribution in [3.8, 4) is 0 Å². The van der Waals surface area contributed by atoms with E-state index < -0.39 is 12.0 Å². The van der Waals surface area contributed by atoms with Crippen LogP contribution in [0.5, 0.6) is 0 Å². The van der Waals surface area contributed by atoms with Crippen LogP contribution in [0.15, 0.2) is 18.5 Å². The number of nitrogens with zero attached hydrogens (tertiary/aromatic N) is 7. The van der Waals surface area contributed by atoms with E-state index >= 15 is 0 Å². The van der Waals surface area contributed by atoms with Gasteiger partial charge in [0.15, 0.2) is 5.65 Å². The molecule has 3 aromatic rings. The third-order valence-electron chi connectivity index (χ3n) is 5.38. The first-order valence-electron chi connectivity index (χ1n) is 8.90. The molecule has 1 spiro atoms. The van der Waals surface area contributed by atoms with E-state index in [-0.39, 0.29) is 5.41 Å². The fourth-order valence-electron chi connectivity index (χ4n) is 4.03. The van der Waals surface area contributed by atoms with Crippen molar-refractivity contribution in [3.63, 3.8) is 0 Å². The van der Waals surface area contributed by atoms with Crippen molar-refractivity contribution < 1.29 is 13.2 Å². The van der Waals surface area contributed by atoms with E-state index in [1.165, 1.54) is 0 Å². The zero-order chi connectivity index (χ0) is 19.5. The van der Waals surface area contributed by atoms with Gasteiger partial charge in [0.1, 0.15) is 17.2 Å². The summed E-state index contributed by atoms with van der Waals surface area (Å²) in [4.78, 5) is 20.2. The molecule has 2 aliphatic heterocycles. The second kappa shape index (κ2) is 5.76. The van der Waals surface area contributed by atoms with Gasteiger partial charge in [0.25, 0.3) is 0 Å². The number of alkyl halides is 3. The molecule has 0 aliphatic carbocycles. The Bertz CT molecular complexity index is 1040. The lowest BCUT2D eigenvalue weighted by molar-refractivity contribution is -0.145. The van der Waals surface area contributed by atoms with Gasteiger partial charge in [-0.25, -0.2) is 19.9 Å². The lowest BCUT2D eigenvalue weighted by atomic mass is 9.79. The Balaban J connectivity index is 1.31. The van der Waals surface area contributed by atoms with Crippen LogP contribution in [-0.2, 0) is 6.18 Å². The molecule has 0 saturated carbocycles. The van der Waals surface area contributed by atoms with Gasteiger partial charge in [0.2, 0.25) is 5.82 Å². The van der Waals surface area contributed by atoms with Crippen molar-refractivity contribution in [3.05, 3.63) is 30.0 Å². The maximum atomic E-state index is 13.0. The van der Waals surface area contributed by atoms with Crippen LogP contribution < -0.4 is 9.80 Å².